The third kappa shape index (κ3) is 4.68. The van der Waals surface area contributed by atoms with Gasteiger partial charge in [0.1, 0.15) is 22.1 Å². The van der Waals surface area contributed by atoms with E-state index in [0.717, 1.165) is 52.3 Å². The van der Waals surface area contributed by atoms with Crippen LogP contribution in [0.3, 0.4) is 0 Å². The van der Waals surface area contributed by atoms with E-state index < -0.39 is 5.54 Å². The first kappa shape index (κ1) is 24.3. The van der Waals surface area contributed by atoms with Gasteiger partial charge in [0.25, 0.3) is 0 Å². The van der Waals surface area contributed by atoms with E-state index in [0.29, 0.717) is 10.0 Å². The minimum Gasteiger partial charge on any atom is -0.496 e. The molecule has 0 radical (unpaired) electrons. The Morgan fingerprint density at radius 1 is 1.28 bits per heavy atom. The fourth-order valence-corrected chi connectivity index (χ4v) is 5.25. The van der Waals surface area contributed by atoms with Crippen LogP contribution in [0.1, 0.15) is 53.1 Å². The topological polar surface area (TPSA) is 48.1 Å². The number of methoxy groups -OCH3 is 1. The summed E-state index contributed by atoms with van der Waals surface area (Å²) in [5.74, 6) is 3.07. The van der Waals surface area contributed by atoms with Crippen molar-refractivity contribution in [3.8, 4) is 29.4 Å². The van der Waals surface area contributed by atoms with Crippen LogP contribution >= 0.6 is 22.9 Å². The predicted octanol–water partition coefficient (Wildman–Crippen LogP) is 6.99. The van der Waals surface area contributed by atoms with Gasteiger partial charge in [0, 0.05) is 16.4 Å². The Kier molecular flexibility index (Phi) is 7.61. The number of hydrogen-bond donors (Lipinski definition) is 1. The summed E-state index contributed by atoms with van der Waals surface area (Å²) in [5, 5.41) is 1.21. The van der Waals surface area contributed by atoms with E-state index in [1.807, 2.05) is 19.9 Å². The second-order valence-corrected chi connectivity index (χ2v) is 9.60. The average molecular weight is 471 g/mol. The Labute approximate surface area is 198 Å². The quantitative estimate of drug-likeness (QED) is 0.361. The van der Waals surface area contributed by atoms with Crippen molar-refractivity contribution >= 4 is 22.9 Å². The number of hydrogen-bond acceptors (Lipinski definition) is 4. The summed E-state index contributed by atoms with van der Waals surface area (Å²) >= 11 is 8.05. The summed E-state index contributed by atoms with van der Waals surface area (Å²) in [6.45, 7) is 6.07. The van der Waals surface area contributed by atoms with Crippen LogP contribution < -0.4 is 10.5 Å². The van der Waals surface area contributed by atoms with Crippen LogP contribution in [0, 0.1) is 32.0 Å². The fraction of sp³-hybridized carbons (Fsp3) is 0.346. The number of rotatable bonds is 8. The number of aromatic nitrogens is 1. The SMILES string of the molecule is C#CC(N)(c1nc(-c2cc(C)c(OC)cc2Cl)c(C)s1)[C@@H](CCCC)c1ccc(F)cc1. The van der Waals surface area contributed by atoms with Crippen LogP contribution in [0.2, 0.25) is 5.02 Å². The molecule has 3 aromatic rings. The highest BCUT2D eigenvalue weighted by Gasteiger charge is 2.39. The third-order valence-corrected chi connectivity index (χ3v) is 7.23. The molecule has 3 rings (SSSR count). The summed E-state index contributed by atoms with van der Waals surface area (Å²) in [4.78, 5) is 5.88. The summed E-state index contributed by atoms with van der Waals surface area (Å²) < 4.78 is 18.9. The lowest BCUT2D eigenvalue weighted by molar-refractivity contribution is 0.412. The van der Waals surface area contributed by atoms with Crippen LogP contribution in [0.25, 0.3) is 11.3 Å². The molecule has 0 bridgehead atoms. The van der Waals surface area contributed by atoms with E-state index >= 15 is 0 Å². The van der Waals surface area contributed by atoms with Crippen LogP contribution in [0.5, 0.6) is 5.75 Å². The molecule has 0 aliphatic rings. The minimum atomic E-state index is -1.13. The number of thiazole rings is 1. The number of unbranched alkanes of at least 4 members (excludes halogenated alkanes) is 1. The number of halogens is 2. The van der Waals surface area contributed by atoms with Gasteiger partial charge in [0.15, 0.2) is 0 Å². The molecule has 0 aliphatic carbocycles. The Balaban J connectivity index is 2.11. The summed E-state index contributed by atoms with van der Waals surface area (Å²) in [6.07, 6.45) is 8.77. The van der Waals surface area contributed by atoms with E-state index in [-0.39, 0.29) is 11.7 Å². The normalized spacial score (nSPS) is 13.9. The lowest BCUT2D eigenvalue weighted by atomic mass is 9.77. The van der Waals surface area contributed by atoms with Gasteiger partial charge in [-0.05, 0) is 55.7 Å². The molecule has 1 unspecified atom stereocenters. The molecule has 0 aliphatic heterocycles. The van der Waals surface area contributed by atoms with E-state index in [1.54, 1.807) is 25.3 Å². The lowest BCUT2D eigenvalue weighted by Gasteiger charge is -2.32. The van der Waals surface area contributed by atoms with Crippen molar-refractivity contribution in [2.45, 2.75) is 51.5 Å². The van der Waals surface area contributed by atoms with Gasteiger partial charge < -0.3 is 10.5 Å². The van der Waals surface area contributed by atoms with E-state index in [2.05, 4.69) is 12.8 Å². The smallest absolute Gasteiger partial charge is 0.136 e. The van der Waals surface area contributed by atoms with E-state index in [1.165, 1.54) is 23.5 Å². The van der Waals surface area contributed by atoms with E-state index in [9.17, 15) is 4.39 Å². The molecule has 1 aromatic heterocycles. The molecule has 6 heteroatoms. The Morgan fingerprint density at radius 2 is 1.97 bits per heavy atom. The molecule has 2 aromatic carbocycles. The van der Waals surface area contributed by atoms with Crippen molar-refractivity contribution in [3.05, 3.63) is 68.2 Å². The predicted molar refractivity (Wildman–Crippen MR) is 132 cm³/mol. The van der Waals surface area contributed by atoms with Crippen molar-refractivity contribution in [1.82, 2.24) is 4.98 Å². The Hall–Kier alpha value is -2.39. The zero-order chi connectivity index (χ0) is 23.5. The first-order chi connectivity index (χ1) is 15.2. The molecule has 3 nitrogen and oxygen atoms in total. The average Bonchev–Trinajstić information content (AvgIpc) is 3.18. The highest BCUT2D eigenvalue weighted by molar-refractivity contribution is 7.12. The van der Waals surface area contributed by atoms with Crippen LogP contribution in [-0.4, -0.2) is 12.1 Å². The number of terminal acetylenes is 1. The third-order valence-electron chi connectivity index (χ3n) is 5.80. The molecule has 0 amide bonds. The number of benzene rings is 2. The first-order valence-electron chi connectivity index (χ1n) is 10.6. The maximum Gasteiger partial charge on any atom is 0.136 e. The number of nitrogens with zero attached hydrogens (tertiary/aromatic N) is 1. The summed E-state index contributed by atoms with van der Waals surface area (Å²) in [6, 6.07) is 10.2. The summed E-state index contributed by atoms with van der Waals surface area (Å²) in [7, 11) is 1.62. The molecule has 1 heterocycles. The molecule has 0 fully saturated rings. The molecule has 0 saturated carbocycles. The van der Waals surface area contributed by atoms with Gasteiger partial charge >= 0.3 is 0 Å². The molecule has 168 valence electrons. The Bertz CT molecular complexity index is 1140. The van der Waals surface area contributed by atoms with Crippen molar-refractivity contribution in [3.63, 3.8) is 0 Å². The molecule has 2 N–H and O–H groups in total. The van der Waals surface area contributed by atoms with Crippen molar-refractivity contribution < 1.29 is 9.13 Å². The summed E-state index contributed by atoms with van der Waals surface area (Å²) in [5.41, 5.74) is 9.23. The molecule has 2 atom stereocenters. The molecular formula is C26H28ClFN2OS. The molecule has 0 saturated heterocycles. The standard InChI is InChI=1S/C26H28ClFN2OS/c1-6-8-9-21(18-10-12-19(28)13-11-18)26(29,7-2)25-30-24(17(4)32-25)20-14-16(3)23(31-5)15-22(20)27/h2,10-15,21H,6,8-9,29H2,1,3-5H3/t21-,26?/m0/s1. The van der Waals surface area contributed by atoms with Gasteiger partial charge in [-0.25, -0.2) is 9.37 Å². The Morgan fingerprint density at radius 3 is 2.56 bits per heavy atom. The van der Waals surface area contributed by atoms with Gasteiger partial charge in [-0.3, -0.25) is 0 Å². The highest BCUT2D eigenvalue weighted by Crippen LogP contribution is 2.43. The van der Waals surface area contributed by atoms with E-state index in [4.69, 9.17) is 33.5 Å². The van der Waals surface area contributed by atoms with Crippen molar-refractivity contribution in [2.24, 2.45) is 5.73 Å². The maximum atomic E-state index is 13.6. The molecule has 32 heavy (non-hydrogen) atoms. The number of aryl methyl sites for hydroxylation is 2. The highest BCUT2D eigenvalue weighted by atomic mass is 35.5. The van der Waals surface area contributed by atoms with Gasteiger partial charge in [0.2, 0.25) is 0 Å². The van der Waals surface area contributed by atoms with Gasteiger partial charge in [0.05, 0.1) is 17.8 Å². The van der Waals surface area contributed by atoms with Gasteiger partial charge in [-0.15, -0.1) is 17.8 Å². The largest absolute Gasteiger partial charge is 0.496 e. The minimum absolute atomic E-state index is 0.195. The van der Waals surface area contributed by atoms with Gasteiger partial charge in [-0.1, -0.05) is 49.4 Å². The van der Waals surface area contributed by atoms with Crippen molar-refractivity contribution in [2.75, 3.05) is 7.11 Å². The second-order valence-electron chi connectivity index (χ2n) is 7.99. The zero-order valence-electron chi connectivity index (χ0n) is 18.8. The van der Waals surface area contributed by atoms with Crippen LogP contribution in [0.4, 0.5) is 4.39 Å². The lowest BCUT2D eigenvalue weighted by Crippen LogP contribution is -2.41. The fourth-order valence-electron chi connectivity index (χ4n) is 3.96. The second kappa shape index (κ2) is 10.0. The maximum absolute atomic E-state index is 13.6. The monoisotopic (exact) mass is 470 g/mol. The number of ether oxygens (including phenoxy) is 1. The molecular weight excluding hydrogens is 443 g/mol. The zero-order valence-corrected chi connectivity index (χ0v) is 20.4. The van der Waals surface area contributed by atoms with Crippen LogP contribution in [-0.2, 0) is 5.54 Å². The van der Waals surface area contributed by atoms with Crippen LogP contribution in [0.15, 0.2) is 36.4 Å². The molecule has 0 spiro atoms. The van der Waals surface area contributed by atoms with Crippen molar-refractivity contribution in [1.29, 1.82) is 0 Å². The first-order valence-corrected chi connectivity index (χ1v) is 11.8. The van der Waals surface area contributed by atoms with Gasteiger partial charge in [-0.2, -0.15) is 0 Å². The number of nitrogens with two attached hydrogens (primary N) is 1.